The molecule has 1 amide bonds. The third-order valence-corrected chi connectivity index (χ3v) is 7.98. The van der Waals surface area contributed by atoms with Crippen molar-refractivity contribution in [2.75, 3.05) is 19.0 Å². The number of anilines is 1. The first-order valence-corrected chi connectivity index (χ1v) is 13.6. The lowest BCUT2D eigenvalue weighted by Gasteiger charge is -2.41. The predicted octanol–water partition coefficient (Wildman–Crippen LogP) is 2.89. The molecule has 0 aliphatic carbocycles. The molecular formula is C31H32FN5O5. The quantitative estimate of drug-likeness (QED) is 0.204. The second kappa shape index (κ2) is 10.8. The molecule has 1 saturated heterocycles. The number of fused-ring (bicyclic) bond motifs is 1. The molecule has 0 saturated carbocycles. The minimum atomic E-state index is -1.98. The Bertz CT molecular complexity index is 1510. The number of amides is 1. The highest BCUT2D eigenvalue weighted by molar-refractivity contribution is 5.99. The first kappa shape index (κ1) is 27.9. The largest absolute Gasteiger partial charge is 0.497 e. The summed E-state index contributed by atoms with van der Waals surface area (Å²) in [6, 6.07) is 27.4. The van der Waals surface area contributed by atoms with E-state index < -0.39 is 48.4 Å². The van der Waals surface area contributed by atoms with Gasteiger partial charge in [0.05, 0.1) is 25.6 Å². The number of aliphatic hydroxyl groups excluding tert-OH is 1. The Morgan fingerprint density at radius 2 is 1.62 bits per heavy atom. The van der Waals surface area contributed by atoms with Gasteiger partial charge in [0.25, 0.3) is 5.91 Å². The van der Waals surface area contributed by atoms with Gasteiger partial charge in [0.2, 0.25) is 0 Å². The fourth-order valence-corrected chi connectivity index (χ4v) is 5.84. The summed E-state index contributed by atoms with van der Waals surface area (Å²) >= 11 is 0. The average molecular weight is 574 g/mol. The molecular weight excluding hydrogens is 541 g/mol. The van der Waals surface area contributed by atoms with Crippen molar-refractivity contribution < 1.29 is 28.9 Å². The Balaban J connectivity index is 1.44. The van der Waals surface area contributed by atoms with Gasteiger partial charge in [-0.2, -0.15) is 0 Å². The van der Waals surface area contributed by atoms with Gasteiger partial charge in [-0.1, -0.05) is 72.8 Å². The molecule has 5 N–H and O–H groups in total. The van der Waals surface area contributed by atoms with Crippen molar-refractivity contribution in [3.63, 3.8) is 0 Å². The second-order valence-corrected chi connectivity index (χ2v) is 10.6. The standard InChI is InChI=1S/C31H32FN5O5/c1-30(40)25(32)23(17-38)42-28(30)37-18-33-24-26(37)34-29(35-27(24)39)36-31(19-9-5-3-6-10-19,20-11-7-4-8-12-20)21-13-15-22(41-2)16-14-21/h3-16,18,23,25,28-29,34,36,38,40H,17H2,1-2H3,(H,35,39)/t23-,25-,28-,29?,30-/m1/s1. The number of nitrogens with zero attached hydrogens (tertiary/aromatic N) is 2. The number of carbonyl (C=O) groups is 1. The molecule has 218 valence electrons. The topological polar surface area (TPSA) is 130 Å². The van der Waals surface area contributed by atoms with E-state index in [-0.39, 0.29) is 11.5 Å². The van der Waals surface area contributed by atoms with E-state index in [1.807, 2.05) is 84.9 Å². The summed E-state index contributed by atoms with van der Waals surface area (Å²) < 4.78 is 27.4. The molecule has 4 aromatic rings. The summed E-state index contributed by atoms with van der Waals surface area (Å²) in [7, 11) is 1.61. The van der Waals surface area contributed by atoms with E-state index in [4.69, 9.17) is 9.47 Å². The number of carbonyl (C=O) groups excluding carboxylic acids is 1. The van der Waals surface area contributed by atoms with Gasteiger partial charge >= 0.3 is 0 Å². The lowest BCUT2D eigenvalue weighted by atomic mass is 9.77. The zero-order valence-electron chi connectivity index (χ0n) is 23.1. The smallest absolute Gasteiger partial charge is 0.276 e. The van der Waals surface area contributed by atoms with Crippen LogP contribution in [0.4, 0.5) is 10.2 Å². The van der Waals surface area contributed by atoms with Crippen molar-refractivity contribution in [1.82, 2.24) is 20.2 Å². The molecule has 5 atom stereocenters. The number of hydrogen-bond acceptors (Lipinski definition) is 8. The van der Waals surface area contributed by atoms with E-state index in [9.17, 15) is 19.4 Å². The van der Waals surface area contributed by atoms with Crippen molar-refractivity contribution in [3.05, 3.63) is 114 Å². The maximum atomic E-state index is 14.9. The third kappa shape index (κ3) is 4.51. The lowest BCUT2D eigenvalue weighted by molar-refractivity contribution is -0.0901. The van der Waals surface area contributed by atoms with Crippen molar-refractivity contribution in [3.8, 4) is 5.75 Å². The van der Waals surface area contributed by atoms with E-state index in [0.29, 0.717) is 5.75 Å². The molecule has 2 aliphatic heterocycles. The van der Waals surface area contributed by atoms with Crippen LogP contribution in [0.3, 0.4) is 0 Å². The van der Waals surface area contributed by atoms with Gasteiger partial charge in [-0.3, -0.25) is 14.7 Å². The number of aromatic nitrogens is 2. The number of ether oxygens (including phenoxy) is 2. The van der Waals surface area contributed by atoms with Gasteiger partial charge in [0.1, 0.15) is 23.3 Å². The molecule has 11 heteroatoms. The molecule has 6 rings (SSSR count). The predicted molar refractivity (Wildman–Crippen MR) is 153 cm³/mol. The minimum Gasteiger partial charge on any atom is -0.497 e. The van der Waals surface area contributed by atoms with Crippen molar-refractivity contribution >= 4 is 11.7 Å². The maximum absolute atomic E-state index is 14.9. The first-order valence-electron chi connectivity index (χ1n) is 13.6. The van der Waals surface area contributed by atoms with Gasteiger partial charge in [0, 0.05) is 0 Å². The summed E-state index contributed by atoms with van der Waals surface area (Å²) in [4.78, 5) is 17.6. The first-order chi connectivity index (χ1) is 20.3. The molecule has 3 heterocycles. The van der Waals surface area contributed by atoms with Crippen LogP contribution in [0.5, 0.6) is 5.75 Å². The van der Waals surface area contributed by atoms with Crippen LogP contribution in [0.15, 0.2) is 91.3 Å². The number of nitrogens with one attached hydrogen (secondary N) is 3. The fourth-order valence-electron chi connectivity index (χ4n) is 5.84. The molecule has 1 aromatic heterocycles. The summed E-state index contributed by atoms with van der Waals surface area (Å²) in [6.07, 6.45) is -3.86. The van der Waals surface area contributed by atoms with Crippen LogP contribution in [0, 0.1) is 0 Å². The number of hydrogen-bond donors (Lipinski definition) is 5. The normalized spacial score (nSPS) is 25.4. The van der Waals surface area contributed by atoms with Crippen molar-refractivity contribution in [1.29, 1.82) is 0 Å². The number of alkyl halides is 1. The number of rotatable bonds is 8. The Hall–Kier alpha value is -4.29. The Kier molecular flexibility index (Phi) is 7.19. The van der Waals surface area contributed by atoms with Crippen molar-refractivity contribution in [2.45, 2.75) is 42.9 Å². The van der Waals surface area contributed by atoms with Gasteiger partial charge in [-0.05, 0) is 35.7 Å². The minimum absolute atomic E-state index is 0.0600. The Morgan fingerprint density at radius 1 is 1.02 bits per heavy atom. The molecule has 0 bridgehead atoms. The Labute approximate surface area is 242 Å². The van der Waals surface area contributed by atoms with Crippen LogP contribution in [0.1, 0.15) is 40.3 Å². The summed E-state index contributed by atoms with van der Waals surface area (Å²) in [5, 5.41) is 30.4. The van der Waals surface area contributed by atoms with Crippen molar-refractivity contribution in [2.24, 2.45) is 0 Å². The van der Waals surface area contributed by atoms with E-state index in [0.717, 1.165) is 16.7 Å². The van der Waals surface area contributed by atoms with Crippen LogP contribution in [-0.2, 0) is 10.3 Å². The highest BCUT2D eigenvalue weighted by atomic mass is 19.1. The molecule has 0 spiro atoms. The number of imidazole rings is 1. The van der Waals surface area contributed by atoms with E-state index in [2.05, 4.69) is 20.9 Å². The maximum Gasteiger partial charge on any atom is 0.276 e. The molecule has 1 fully saturated rings. The monoisotopic (exact) mass is 573 g/mol. The second-order valence-electron chi connectivity index (χ2n) is 10.6. The number of halogens is 1. The highest BCUT2D eigenvalue weighted by Crippen LogP contribution is 2.43. The van der Waals surface area contributed by atoms with E-state index in [1.54, 1.807) is 7.11 Å². The number of aliphatic hydroxyl groups is 2. The number of benzene rings is 3. The SMILES string of the molecule is COc1ccc(C(NC2NC(=O)c3ncn([C@@H]4O[C@H](CO)[C@@H](F)[C@@]4(C)O)c3N2)(c2ccccc2)c2ccccc2)cc1. The average Bonchev–Trinajstić information content (AvgIpc) is 3.54. The lowest BCUT2D eigenvalue weighted by Crippen LogP contribution is -2.61. The summed E-state index contributed by atoms with van der Waals surface area (Å²) in [5.74, 6) is 0.456. The molecule has 0 radical (unpaired) electrons. The van der Waals surface area contributed by atoms with Gasteiger partial charge < -0.3 is 30.3 Å². The van der Waals surface area contributed by atoms with E-state index >= 15 is 0 Å². The third-order valence-electron chi connectivity index (χ3n) is 7.98. The Morgan fingerprint density at radius 3 is 2.17 bits per heavy atom. The zero-order valence-corrected chi connectivity index (χ0v) is 23.1. The summed E-state index contributed by atoms with van der Waals surface area (Å²) in [6.45, 7) is 0.684. The van der Waals surface area contributed by atoms with Crippen LogP contribution in [-0.4, -0.2) is 63.6 Å². The molecule has 42 heavy (non-hydrogen) atoms. The fraction of sp³-hybridized carbons (Fsp3) is 0.290. The van der Waals surface area contributed by atoms with Crippen LogP contribution >= 0.6 is 0 Å². The van der Waals surface area contributed by atoms with Crippen LogP contribution in [0.2, 0.25) is 0 Å². The molecule has 2 aliphatic rings. The van der Waals surface area contributed by atoms with Crippen LogP contribution in [0.25, 0.3) is 0 Å². The van der Waals surface area contributed by atoms with Gasteiger partial charge in [-0.25, -0.2) is 9.37 Å². The van der Waals surface area contributed by atoms with E-state index in [1.165, 1.54) is 17.8 Å². The molecule has 10 nitrogen and oxygen atoms in total. The zero-order chi connectivity index (χ0) is 29.5. The molecule has 3 aromatic carbocycles. The molecule has 1 unspecified atom stereocenters. The van der Waals surface area contributed by atoms with Crippen LogP contribution < -0.4 is 20.7 Å². The number of methoxy groups -OCH3 is 1. The summed E-state index contributed by atoms with van der Waals surface area (Å²) in [5.41, 5.74) is -0.200. The van der Waals surface area contributed by atoms with Gasteiger partial charge in [0.15, 0.2) is 24.4 Å². The van der Waals surface area contributed by atoms with Gasteiger partial charge in [-0.15, -0.1) is 0 Å². The highest BCUT2D eigenvalue weighted by Gasteiger charge is 2.55.